The van der Waals surface area contributed by atoms with Crippen LogP contribution in [0.3, 0.4) is 0 Å². The lowest BCUT2D eigenvalue weighted by atomic mass is 9.80. The van der Waals surface area contributed by atoms with E-state index >= 15 is 0 Å². The largest absolute Gasteiger partial charge is 0.493 e. The van der Waals surface area contributed by atoms with E-state index in [-0.39, 0.29) is 5.92 Å². The Balaban J connectivity index is 2.59. The van der Waals surface area contributed by atoms with Crippen LogP contribution in [-0.2, 0) is 15.1 Å². The van der Waals surface area contributed by atoms with Crippen molar-refractivity contribution in [2.24, 2.45) is 5.92 Å². The van der Waals surface area contributed by atoms with Gasteiger partial charge in [-0.05, 0) is 13.0 Å². The van der Waals surface area contributed by atoms with Crippen LogP contribution in [0.25, 0.3) is 0 Å². The second-order valence-electron chi connectivity index (χ2n) is 4.18. The van der Waals surface area contributed by atoms with E-state index in [1.165, 1.54) is 0 Å². The van der Waals surface area contributed by atoms with Crippen molar-refractivity contribution in [3.05, 3.63) is 29.8 Å². The molecule has 0 spiro atoms. The number of fused-ring (bicyclic) bond motifs is 1. The predicted molar refractivity (Wildman–Crippen MR) is 62.0 cm³/mol. The monoisotopic (exact) mass is 236 g/mol. The van der Waals surface area contributed by atoms with Gasteiger partial charge in [0, 0.05) is 18.1 Å². The number of para-hydroxylation sites is 1. The lowest BCUT2D eigenvalue weighted by molar-refractivity contribution is -0.180. The molecule has 4 heteroatoms. The highest BCUT2D eigenvalue weighted by Crippen LogP contribution is 2.43. The Morgan fingerprint density at radius 3 is 2.94 bits per heavy atom. The average Bonchev–Trinajstić information content (AvgIpc) is 2.32. The van der Waals surface area contributed by atoms with Crippen molar-refractivity contribution in [3.63, 3.8) is 0 Å². The van der Waals surface area contributed by atoms with E-state index < -0.39 is 11.6 Å². The zero-order valence-electron chi connectivity index (χ0n) is 9.97. The highest BCUT2D eigenvalue weighted by atomic mass is 16.5. The molecule has 0 amide bonds. The number of hydrogen-bond acceptors (Lipinski definition) is 3. The van der Waals surface area contributed by atoms with Crippen molar-refractivity contribution in [2.45, 2.75) is 19.4 Å². The number of carboxylic acids is 1. The van der Waals surface area contributed by atoms with E-state index in [9.17, 15) is 9.90 Å². The third-order valence-corrected chi connectivity index (χ3v) is 3.16. The molecule has 0 radical (unpaired) electrons. The third kappa shape index (κ3) is 1.69. The number of carbonyl (C=O) groups is 1. The highest BCUT2D eigenvalue weighted by Gasteiger charge is 2.51. The van der Waals surface area contributed by atoms with Crippen molar-refractivity contribution >= 4 is 5.97 Å². The first-order valence-corrected chi connectivity index (χ1v) is 5.72. The quantitative estimate of drug-likeness (QED) is 0.872. The Bertz CT molecular complexity index is 429. The summed E-state index contributed by atoms with van der Waals surface area (Å²) in [5.41, 5.74) is -0.683. The molecule has 4 nitrogen and oxygen atoms in total. The molecule has 0 saturated carbocycles. The van der Waals surface area contributed by atoms with Crippen molar-refractivity contribution in [3.8, 4) is 5.75 Å². The molecule has 2 unspecified atom stereocenters. The molecule has 17 heavy (non-hydrogen) atoms. The fraction of sp³-hybridized carbons (Fsp3) is 0.462. The molecule has 1 aromatic rings. The van der Waals surface area contributed by atoms with Gasteiger partial charge in [-0.2, -0.15) is 0 Å². The van der Waals surface area contributed by atoms with E-state index in [0.717, 1.165) is 0 Å². The SMILES string of the molecule is CCOC1(C(=O)O)c2ccccc2OCC1C. The van der Waals surface area contributed by atoms with Crippen LogP contribution in [0.15, 0.2) is 24.3 Å². The molecule has 0 aromatic heterocycles. The Morgan fingerprint density at radius 1 is 1.59 bits per heavy atom. The maximum atomic E-state index is 11.7. The fourth-order valence-corrected chi connectivity index (χ4v) is 2.33. The summed E-state index contributed by atoms with van der Waals surface area (Å²) in [6, 6.07) is 7.16. The molecule has 0 aliphatic carbocycles. The normalized spacial score (nSPS) is 27.1. The Kier molecular flexibility index (Phi) is 3.07. The summed E-state index contributed by atoms with van der Waals surface area (Å²) in [6.07, 6.45) is 0. The predicted octanol–water partition coefficient (Wildman–Crippen LogP) is 2.03. The summed E-state index contributed by atoms with van der Waals surface area (Å²) in [5, 5.41) is 9.56. The van der Waals surface area contributed by atoms with Crippen LogP contribution < -0.4 is 4.74 Å². The lowest BCUT2D eigenvalue weighted by Crippen LogP contribution is -2.49. The smallest absolute Gasteiger partial charge is 0.341 e. The van der Waals surface area contributed by atoms with Crippen molar-refractivity contribution in [1.82, 2.24) is 0 Å². The molecule has 0 fully saturated rings. The summed E-state index contributed by atoms with van der Waals surface area (Å²) < 4.78 is 11.1. The number of aliphatic carboxylic acids is 1. The van der Waals surface area contributed by atoms with Gasteiger partial charge in [0.2, 0.25) is 0 Å². The molecule has 1 N–H and O–H groups in total. The zero-order valence-corrected chi connectivity index (χ0v) is 9.97. The zero-order chi connectivity index (χ0) is 12.5. The minimum absolute atomic E-state index is 0.227. The van der Waals surface area contributed by atoms with E-state index in [1.54, 1.807) is 25.1 Å². The van der Waals surface area contributed by atoms with E-state index in [2.05, 4.69) is 0 Å². The van der Waals surface area contributed by atoms with Crippen molar-refractivity contribution < 1.29 is 19.4 Å². The molecule has 2 atom stereocenters. The summed E-state index contributed by atoms with van der Waals surface area (Å²) in [6.45, 7) is 4.34. The van der Waals surface area contributed by atoms with E-state index in [1.807, 2.05) is 13.0 Å². The molecule has 1 aliphatic rings. The first kappa shape index (κ1) is 11.9. The van der Waals surface area contributed by atoms with Gasteiger partial charge in [0.15, 0.2) is 5.60 Å². The minimum atomic E-state index is -1.29. The molecular formula is C13H16O4. The molecule has 1 aliphatic heterocycles. The van der Waals surface area contributed by atoms with Crippen LogP contribution in [0.5, 0.6) is 5.75 Å². The Hall–Kier alpha value is -1.55. The Labute approximate surface area is 100 Å². The van der Waals surface area contributed by atoms with Gasteiger partial charge < -0.3 is 14.6 Å². The van der Waals surface area contributed by atoms with Crippen molar-refractivity contribution in [2.75, 3.05) is 13.2 Å². The maximum Gasteiger partial charge on any atom is 0.341 e. The number of hydrogen-bond donors (Lipinski definition) is 1. The van der Waals surface area contributed by atoms with Gasteiger partial charge in [-0.15, -0.1) is 0 Å². The molecule has 92 valence electrons. The molecule has 0 saturated heterocycles. The lowest BCUT2D eigenvalue weighted by Gasteiger charge is -2.39. The van der Waals surface area contributed by atoms with Crippen LogP contribution in [0, 0.1) is 5.92 Å². The second-order valence-corrected chi connectivity index (χ2v) is 4.18. The van der Waals surface area contributed by atoms with Gasteiger partial charge in [-0.3, -0.25) is 0 Å². The summed E-state index contributed by atoms with van der Waals surface area (Å²) in [5.74, 6) is -0.584. The molecule has 0 bridgehead atoms. The fourth-order valence-electron chi connectivity index (χ4n) is 2.33. The van der Waals surface area contributed by atoms with Gasteiger partial charge >= 0.3 is 5.97 Å². The van der Waals surface area contributed by atoms with Gasteiger partial charge in [-0.1, -0.05) is 25.1 Å². The van der Waals surface area contributed by atoms with E-state index in [0.29, 0.717) is 24.5 Å². The maximum absolute atomic E-state index is 11.7. The molecule has 2 rings (SSSR count). The summed E-state index contributed by atoms with van der Waals surface area (Å²) in [7, 11) is 0. The number of carboxylic acid groups (broad SMARTS) is 1. The standard InChI is InChI=1S/C13H16O4/c1-3-17-13(12(14)15)9(2)8-16-11-7-5-4-6-10(11)13/h4-7,9H,3,8H2,1-2H3,(H,14,15). The first-order chi connectivity index (χ1) is 8.13. The van der Waals surface area contributed by atoms with Crippen LogP contribution in [-0.4, -0.2) is 24.3 Å². The topological polar surface area (TPSA) is 55.8 Å². The van der Waals surface area contributed by atoms with Gasteiger partial charge in [0.25, 0.3) is 0 Å². The number of benzene rings is 1. The highest BCUT2D eigenvalue weighted by molar-refractivity contribution is 5.81. The number of rotatable bonds is 3. The van der Waals surface area contributed by atoms with Gasteiger partial charge in [0.1, 0.15) is 5.75 Å². The first-order valence-electron chi connectivity index (χ1n) is 5.72. The second kappa shape index (κ2) is 4.37. The van der Waals surface area contributed by atoms with Crippen LogP contribution >= 0.6 is 0 Å². The minimum Gasteiger partial charge on any atom is -0.493 e. The molecule has 1 aromatic carbocycles. The molecule has 1 heterocycles. The summed E-state index contributed by atoms with van der Waals surface area (Å²) >= 11 is 0. The van der Waals surface area contributed by atoms with Crippen molar-refractivity contribution in [1.29, 1.82) is 0 Å². The van der Waals surface area contributed by atoms with Crippen LogP contribution in [0.1, 0.15) is 19.4 Å². The van der Waals surface area contributed by atoms with Gasteiger partial charge in [-0.25, -0.2) is 4.79 Å². The third-order valence-electron chi connectivity index (χ3n) is 3.16. The van der Waals surface area contributed by atoms with Gasteiger partial charge in [0.05, 0.1) is 6.61 Å². The van der Waals surface area contributed by atoms with Crippen LogP contribution in [0.2, 0.25) is 0 Å². The summed E-state index contributed by atoms with van der Waals surface area (Å²) in [4.78, 5) is 11.7. The van der Waals surface area contributed by atoms with E-state index in [4.69, 9.17) is 9.47 Å². The average molecular weight is 236 g/mol. The number of ether oxygens (including phenoxy) is 2. The van der Waals surface area contributed by atoms with Crippen LogP contribution in [0.4, 0.5) is 0 Å². The molecular weight excluding hydrogens is 220 g/mol. The Morgan fingerprint density at radius 2 is 2.29 bits per heavy atom.